The Morgan fingerprint density at radius 3 is 2.57 bits per heavy atom. The smallest absolute Gasteiger partial charge is 0.275 e. The zero-order valence-corrected chi connectivity index (χ0v) is 12.6. The fraction of sp³-hybridized carbons (Fsp3) is 0.118. The van der Waals surface area contributed by atoms with E-state index in [9.17, 15) is 4.79 Å². The summed E-state index contributed by atoms with van der Waals surface area (Å²) in [5.41, 5.74) is 2.12. The molecule has 1 aromatic carbocycles. The van der Waals surface area contributed by atoms with E-state index in [1.807, 2.05) is 31.3 Å². The van der Waals surface area contributed by atoms with E-state index in [0.717, 1.165) is 11.3 Å². The minimum Gasteiger partial charge on any atom is -0.489 e. The number of pyridine rings is 1. The Bertz CT molecular complexity index is 782. The maximum absolute atomic E-state index is 12.0. The first kappa shape index (κ1) is 14.8. The van der Waals surface area contributed by atoms with E-state index < -0.39 is 0 Å². The van der Waals surface area contributed by atoms with Gasteiger partial charge in [0.15, 0.2) is 0 Å². The van der Waals surface area contributed by atoms with Crippen LogP contribution in [0.1, 0.15) is 16.1 Å². The molecule has 3 rings (SSSR count). The second-order valence-corrected chi connectivity index (χ2v) is 5.05. The number of imidazole rings is 1. The van der Waals surface area contributed by atoms with Crippen LogP contribution in [0.3, 0.4) is 0 Å². The number of hydrogen-bond donors (Lipinski definition) is 1. The van der Waals surface area contributed by atoms with E-state index in [0.29, 0.717) is 18.0 Å². The third-order valence-corrected chi connectivity index (χ3v) is 3.20. The van der Waals surface area contributed by atoms with Crippen LogP contribution in [0.5, 0.6) is 5.75 Å². The van der Waals surface area contributed by atoms with Crippen LogP contribution < -0.4 is 10.1 Å². The van der Waals surface area contributed by atoms with Crippen molar-refractivity contribution in [2.75, 3.05) is 5.32 Å². The van der Waals surface area contributed by atoms with E-state index in [1.54, 1.807) is 41.6 Å². The SMILES string of the molecule is Cn1cnc(C(=O)Nc2ccc(OCc3ccncc3)cc2)c1. The van der Waals surface area contributed by atoms with Gasteiger partial charge in [-0.05, 0) is 42.0 Å². The van der Waals surface area contributed by atoms with Crippen molar-refractivity contribution in [2.45, 2.75) is 6.61 Å². The van der Waals surface area contributed by atoms with E-state index in [2.05, 4.69) is 15.3 Å². The summed E-state index contributed by atoms with van der Waals surface area (Å²) in [5, 5.41) is 2.79. The number of carbonyl (C=O) groups excluding carboxylic acids is 1. The number of anilines is 1. The average Bonchev–Trinajstić information content (AvgIpc) is 3.02. The Kier molecular flexibility index (Phi) is 4.33. The van der Waals surface area contributed by atoms with Crippen molar-refractivity contribution in [3.8, 4) is 5.75 Å². The molecule has 0 fully saturated rings. The van der Waals surface area contributed by atoms with Gasteiger partial charge >= 0.3 is 0 Å². The van der Waals surface area contributed by atoms with Crippen LogP contribution in [0, 0.1) is 0 Å². The molecular weight excluding hydrogens is 292 g/mol. The Labute approximate surface area is 133 Å². The van der Waals surface area contributed by atoms with Crippen LogP contribution in [0.15, 0.2) is 61.3 Å². The van der Waals surface area contributed by atoms with Crippen molar-refractivity contribution in [1.29, 1.82) is 0 Å². The molecule has 1 amide bonds. The molecule has 0 atom stereocenters. The summed E-state index contributed by atoms with van der Waals surface area (Å²) in [4.78, 5) is 20.0. The lowest BCUT2D eigenvalue weighted by Gasteiger charge is -2.08. The van der Waals surface area contributed by atoms with Crippen LogP contribution in [0.4, 0.5) is 5.69 Å². The van der Waals surface area contributed by atoms with Gasteiger partial charge in [0.1, 0.15) is 18.1 Å². The van der Waals surface area contributed by atoms with Gasteiger partial charge < -0.3 is 14.6 Å². The second kappa shape index (κ2) is 6.74. The van der Waals surface area contributed by atoms with Gasteiger partial charge in [0.2, 0.25) is 0 Å². The molecule has 0 saturated carbocycles. The van der Waals surface area contributed by atoms with Gasteiger partial charge in [-0.15, -0.1) is 0 Å². The van der Waals surface area contributed by atoms with Gasteiger partial charge in [0, 0.05) is 31.3 Å². The molecular formula is C17H16N4O2. The first-order valence-electron chi connectivity index (χ1n) is 7.12. The number of benzene rings is 1. The third kappa shape index (κ3) is 3.94. The van der Waals surface area contributed by atoms with E-state index in [4.69, 9.17) is 4.74 Å². The van der Waals surface area contributed by atoms with Gasteiger partial charge in [0.25, 0.3) is 5.91 Å². The molecule has 0 aliphatic rings. The van der Waals surface area contributed by atoms with Crippen LogP contribution in [0.25, 0.3) is 0 Å². The van der Waals surface area contributed by atoms with E-state index in [-0.39, 0.29) is 5.91 Å². The number of aryl methyl sites for hydroxylation is 1. The second-order valence-electron chi connectivity index (χ2n) is 5.05. The van der Waals surface area contributed by atoms with Gasteiger partial charge in [-0.3, -0.25) is 9.78 Å². The lowest BCUT2D eigenvalue weighted by Crippen LogP contribution is -2.12. The molecule has 1 N–H and O–H groups in total. The number of carbonyl (C=O) groups is 1. The Morgan fingerprint density at radius 2 is 1.91 bits per heavy atom. The summed E-state index contributed by atoms with van der Waals surface area (Å²) in [7, 11) is 1.82. The summed E-state index contributed by atoms with van der Waals surface area (Å²) in [6.45, 7) is 0.474. The Hall–Kier alpha value is -3.15. The number of aromatic nitrogens is 3. The van der Waals surface area contributed by atoms with E-state index >= 15 is 0 Å². The van der Waals surface area contributed by atoms with Crippen molar-refractivity contribution in [3.05, 3.63) is 72.6 Å². The van der Waals surface area contributed by atoms with Crippen LogP contribution in [-0.2, 0) is 13.7 Å². The average molecular weight is 308 g/mol. The molecule has 0 aliphatic heterocycles. The minimum atomic E-state index is -0.240. The Morgan fingerprint density at radius 1 is 1.17 bits per heavy atom. The van der Waals surface area contributed by atoms with Gasteiger partial charge in [-0.1, -0.05) is 0 Å². The lowest BCUT2D eigenvalue weighted by molar-refractivity contribution is 0.102. The van der Waals surface area contributed by atoms with Crippen molar-refractivity contribution in [1.82, 2.24) is 14.5 Å². The quantitative estimate of drug-likeness (QED) is 0.786. The topological polar surface area (TPSA) is 69.0 Å². The summed E-state index contributed by atoms with van der Waals surface area (Å²) in [5.74, 6) is 0.494. The predicted octanol–water partition coefficient (Wildman–Crippen LogP) is 2.65. The molecule has 23 heavy (non-hydrogen) atoms. The Balaban J connectivity index is 1.57. The number of rotatable bonds is 5. The molecule has 116 valence electrons. The van der Waals surface area contributed by atoms with Crippen molar-refractivity contribution in [2.24, 2.45) is 7.05 Å². The molecule has 0 spiro atoms. The molecule has 0 unspecified atom stereocenters. The molecule has 6 nitrogen and oxygen atoms in total. The van der Waals surface area contributed by atoms with E-state index in [1.165, 1.54) is 0 Å². The summed E-state index contributed by atoms with van der Waals surface area (Å²) < 4.78 is 7.41. The number of ether oxygens (including phenoxy) is 1. The molecule has 3 aromatic rings. The number of hydrogen-bond acceptors (Lipinski definition) is 4. The van der Waals surface area contributed by atoms with Crippen LogP contribution in [-0.4, -0.2) is 20.4 Å². The third-order valence-electron chi connectivity index (χ3n) is 3.20. The highest BCUT2D eigenvalue weighted by Crippen LogP contribution is 2.17. The molecule has 0 bridgehead atoms. The number of nitrogens with one attached hydrogen (secondary N) is 1. The monoisotopic (exact) mass is 308 g/mol. The van der Waals surface area contributed by atoms with Crippen LogP contribution in [0.2, 0.25) is 0 Å². The molecule has 2 aromatic heterocycles. The first-order valence-corrected chi connectivity index (χ1v) is 7.12. The van der Waals surface area contributed by atoms with Crippen LogP contribution >= 0.6 is 0 Å². The van der Waals surface area contributed by atoms with Gasteiger partial charge in [-0.2, -0.15) is 0 Å². The molecule has 0 radical (unpaired) electrons. The van der Waals surface area contributed by atoms with Gasteiger partial charge in [-0.25, -0.2) is 4.98 Å². The maximum atomic E-state index is 12.0. The highest BCUT2D eigenvalue weighted by molar-refractivity contribution is 6.02. The van der Waals surface area contributed by atoms with Gasteiger partial charge in [0.05, 0.1) is 6.33 Å². The highest BCUT2D eigenvalue weighted by atomic mass is 16.5. The number of nitrogens with zero attached hydrogens (tertiary/aromatic N) is 3. The molecule has 0 aliphatic carbocycles. The summed E-state index contributed by atoms with van der Waals surface area (Å²) >= 11 is 0. The summed E-state index contributed by atoms with van der Waals surface area (Å²) in [6, 6.07) is 11.0. The number of amides is 1. The zero-order chi connectivity index (χ0) is 16.1. The molecule has 6 heteroatoms. The van der Waals surface area contributed by atoms with Crippen molar-refractivity contribution < 1.29 is 9.53 Å². The highest BCUT2D eigenvalue weighted by Gasteiger charge is 2.08. The minimum absolute atomic E-state index is 0.240. The largest absolute Gasteiger partial charge is 0.489 e. The fourth-order valence-corrected chi connectivity index (χ4v) is 2.01. The molecule has 0 saturated heterocycles. The maximum Gasteiger partial charge on any atom is 0.275 e. The van der Waals surface area contributed by atoms with Crippen molar-refractivity contribution >= 4 is 11.6 Å². The van der Waals surface area contributed by atoms with Crippen molar-refractivity contribution in [3.63, 3.8) is 0 Å². The normalized spacial score (nSPS) is 10.3. The predicted molar refractivity (Wildman–Crippen MR) is 86.2 cm³/mol. The standard InChI is InChI=1S/C17H16N4O2/c1-21-10-16(19-12-21)17(22)20-14-2-4-15(5-3-14)23-11-13-6-8-18-9-7-13/h2-10,12H,11H2,1H3,(H,20,22). The zero-order valence-electron chi connectivity index (χ0n) is 12.6. The lowest BCUT2D eigenvalue weighted by atomic mass is 10.2. The fourth-order valence-electron chi connectivity index (χ4n) is 2.01. The molecule has 2 heterocycles. The first-order chi connectivity index (χ1) is 11.2. The summed E-state index contributed by atoms with van der Waals surface area (Å²) in [6.07, 6.45) is 6.72.